The molecule has 1 aromatic rings. The van der Waals surface area contributed by atoms with E-state index in [1.807, 2.05) is 0 Å². The molecule has 0 aliphatic heterocycles. The van der Waals surface area contributed by atoms with Crippen molar-refractivity contribution in [3.8, 4) is 12.3 Å². The van der Waals surface area contributed by atoms with E-state index < -0.39 is 17.6 Å². The van der Waals surface area contributed by atoms with Crippen LogP contribution in [0, 0.1) is 17.8 Å². The number of alkyl halides is 3. The smallest absolute Gasteiger partial charge is 0.395 e. The van der Waals surface area contributed by atoms with E-state index in [1.54, 1.807) is 0 Å². The lowest BCUT2D eigenvalue weighted by atomic mass is 10.2. The molecule has 0 aromatic carbocycles. The van der Waals surface area contributed by atoms with E-state index >= 15 is 0 Å². The fourth-order valence-electron chi connectivity index (χ4n) is 0.950. The Bertz CT molecular complexity index is 492. The lowest BCUT2D eigenvalue weighted by Gasteiger charge is -2.06. The minimum atomic E-state index is -4.65. The van der Waals surface area contributed by atoms with Crippen molar-refractivity contribution >= 4 is 5.71 Å². The van der Waals surface area contributed by atoms with Crippen LogP contribution in [0.25, 0.3) is 0 Å². The van der Waals surface area contributed by atoms with Gasteiger partial charge in [-0.25, -0.2) is 0 Å². The Morgan fingerprint density at radius 3 is 2.53 bits per heavy atom. The SMILES string of the molecule is C#Cc1ccc(C(=N)C=C(N)C(F)(F)F)nc1. The highest BCUT2D eigenvalue weighted by Gasteiger charge is 2.31. The minimum absolute atomic E-state index is 0.0659. The summed E-state index contributed by atoms with van der Waals surface area (Å²) in [7, 11) is 0. The number of rotatable bonds is 2. The minimum Gasteiger partial charge on any atom is -0.395 e. The van der Waals surface area contributed by atoms with Gasteiger partial charge < -0.3 is 5.73 Å². The van der Waals surface area contributed by atoms with E-state index in [2.05, 4.69) is 10.9 Å². The monoisotopic (exact) mass is 239 g/mol. The van der Waals surface area contributed by atoms with Gasteiger partial charge in [0.2, 0.25) is 0 Å². The van der Waals surface area contributed by atoms with Crippen LogP contribution in [0.2, 0.25) is 0 Å². The van der Waals surface area contributed by atoms with E-state index in [1.165, 1.54) is 18.3 Å². The predicted molar refractivity (Wildman–Crippen MR) is 57.3 cm³/mol. The number of halogens is 3. The zero-order valence-corrected chi connectivity index (χ0v) is 8.55. The molecule has 0 saturated carbocycles. The predicted octanol–water partition coefficient (Wildman–Crippen LogP) is 1.84. The van der Waals surface area contributed by atoms with Crippen molar-refractivity contribution < 1.29 is 13.2 Å². The third kappa shape index (κ3) is 3.34. The topological polar surface area (TPSA) is 62.8 Å². The van der Waals surface area contributed by atoms with Crippen molar-refractivity contribution in [3.63, 3.8) is 0 Å². The molecular weight excluding hydrogens is 231 g/mol. The molecule has 1 heterocycles. The van der Waals surface area contributed by atoms with Crippen LogP contribution in [-0.4, -0.2) is 16.9 Å². The van der Waals surface area contributed by atoms with Gasteiger partial charge in [-0.15, -0.1) is 6.42 Å². The fraction of sp³-hybridized carbons (Fsp3) is 0.0909. The molecule has 0 atom stereocenters. The first-order valence-corrected chi connectivity index (χ1v) is 4.40. The number of nitrogens with zero attached hydrogens (tertiary/aromatic N) is 1. The molecule has 3 N–H and O–H groups in total. The molecule has 0 saturated heterocycles. The Morgan fingerprint density at radius 1 is 1.47 bits per heavy atom. The molecule has 1 rings (SSSR count). The van der Waals surface area contributed by atoms with Crippen LogP contribution >= 0.6 is 0 Å². The molecule has 0 aliphatic rings. The summed E-state index contributed by atoms with van der Waals surface area (Å²) in [5, 5.41) is 7.40. The first-order chi connectivity index (χ1) is 7.84. The zero-order valence-electron chi connectivity index (χ0n) is 8.55. The van der Waals surface area contributed by atoms with E-state index in [4.69, 9.17) is 17.6 Å². The van der Waals surface area contributed by atoms with Crippen LogP contribution in [-0.2, 0) is 0 Å². The maximum atomic E-state index is 12.1. The van der Waals surface area contributed by atoms with Crippen LogP contribution in [0.1, 0.15) is 11.3 Å². The maximum absolute atomic E-state index is 12.1. The normalized spacial score (nSPS) is 12.0. The van der Waals surface area contributed by atoms with E-state index in [0.717, 1.165) is 0 Å². The summed E-state index contributed by atoms with van der Waals surface area (Å²) < 4.78 is 36.3. The summed E-state index contributed by atoms with van der Waals surface area (Å²) in [4.78, 5) is 3.75. The van der Waals surface area contributed by atoms with Crippen LogP contribution in [0.3, 0.4) is 0 Å². The molecule has 0 amide bonds. The van der Waals surface area contributed by atoms with Gasteiger partial charge in [-0.3, -0.25) is 10.4 Å². The standard InChI is InChI=1S/C11H8F3N3/c1-2-7-3-4-9(17-6-7)8(15)5-10(16)11(12,13)14/h1,3-6,15H,16H2. The molecular formula is C11H8F3N3. The van der Waals surface area contributed by atoms with Crippen molar-refractivity contribution in [2.45, 2.75) is 6.18 Å². The molecule has 0 radical (unpaired) electrons. The number of allylic oxidation sites excluding steroid dienone is 2. The summed E-state index contributed by atoms with van der Waals surface area (Å²) >= 11 is 0. The van der Waals surface area contributed by atoms with Crippen molar-refractivity contribution in [2.75, 3.05) is 0 Å². The number of aromatic nitrogens is 1. The van der Waals surface area contributed by atoms with Crippen molar-refractivity contribution in [2.24, 2.45) is 5.73 Å². The first-order valence-electron chi connectivity index (χ1n) is 4.40. The van der Waals surface area contributed by atoms with Crippen LogP contribution in [0.15, 0.2) is 30.1 Å². The van der Waals surface area contributed by atoms with Gasteiger partial charge in [0.05, 0.1) is 11.4 Å². The molecule has 0 unspecified atom stereocenters. The number of pyridine rings is 1. The van der Waals surface area contributed by atoms with Crippen molar-refractivity contribution in [3.05, 3.63) is 41.4 Å². The van der Waals surface area contributed by atoms with E-state index in [0.29, 0.717) is 11.6 Å². The quantitative estimate of drug-likeness (QED) is 0.611. The second-order valence-corrected chi connectivity index (χ2v) is 3.09. The van der Waals surface area contributed by atoms with Gasteiger partial charge in [-0.1, -0.05) is 5.92 Å². The summed E-state index contributed by atoms with van der Waals surface area (Å²) in [5.74, 6) is 2.31. The molecule has 0 spiro atoms. The van der Waals surface area contributed by atoms with Gasteiger partial charge in [-0.05, 0) is 18.2 Å². The molecule has 88 valence electrons. The summed E-state index contributed by atoms with van der Waals surface area (Å²) in [6.07, 6.45) is 2.25. The van der Waals surface area contributed by atoms with Gasteiger partial charge in [-0.2, -0.15) is 13.2 Å². The first kappa shape index (κ1) is 12.8. The van der Waals surface area contributed by atoms with E-state index in [9.17, 15) is 13.2 Å². The summed E-state index contributed by atoms with van der Waals surface area (Å²) in [5.41, 5.74) is 3.56. The van der Waals surface area contributed by atoms with E-state index in [-0.39, 0.29) is 5.69 Å². The van der Waals surface area contributed by atoms with Crippen LogP contribution < -0.4 is 5.73 Å². The molecule has 3 nitrogen and oxygen atoms in total. The number of terminal acetylenes is 1. The van der Waals surface area contributed by atoms with Crippen LogP contribution in [0.4, 0.5) is 13.2 Å². The van der Waals surface area contributed by atoms with Crippen molar-refractivity contribution in [1.29, 1.82) is 5.41 Å². The summed E-state index contributed by atoms with van der Waals surface area (Å²) in [6, 6.07) is 2.84. The Kier molecular flexibility index (Phi) is 3.53. The summed E-state index contributed by atoms with van der Waals surface area (Å²) in [6.45, 7) is 0. The highest BCUT2D eigenvalue weighted by Crippen LogP contribution is 2.21. The zero-order chi connectivity index (χ0) is 13.1. The lowest BCUT2D eigenvalue weighted by Crippen LogP contribution is -2.20. The fourth-order valence-corrected chi connectivity index (χ4v) is 0.950. The Labute approximate surface area is 95.7 Å². The molecule has 1 aromatic heterocycles. The molecule has 0 bridgehead atoms. The number of nitrogens with one attached hydrogen (secondary N) is 1. The van der Waals surface area contributed by atoms with Gasteiger partial charge in [0.25, 0.3) is 0 Å². The molecule has 17 heavy (non-hydrogen) atoms. The number of nitrogens with two attached hydrogens (primary N) is 1. The largest absolute Gasteiger partial charge is 0.430 e. The van der Waals surface area contributed by atoms with Gasteiger partial charge in [0, 0.05) is 11.8 Å². The Morgan fingerprint density at radius 2 is 2.12 bits per heavy atom. The average Bonchev–Trinajstić information content (AvgIpc) is 2.27. The van der Waals surface area contributed by atoms with Crippen molar-refractivity contribution in [1.82, 2.24) is 4.98 Å². The second kappa shape index (κ2) is 4.70. The van der Waals surface area contributed by atoms with Gasteiger partial charge in [0.15, 0.2) is 0 Å². The third-order valence-electron chi connectivity index (χ3n) is 1.83. The Balaban J connectivity index is 2.95. The Hall–Kier alpha value is -2.29. The van der Waals surface area contributed by atoms with Gasteiger partial charge >= 0.3 is 6.18 Å². The highest BCUT2D eigenvalue weighted by molar-refractivity contribution is 6.05. The number of hydrogen-bond donors (Lipinski definition) is 2. The lowest BCUT2D eigenvalue weighted by molar-refractivity contribution is -0.0925. The maximum Gasteiger partial charge on any atom is 0.430 e. The third-order valence-corrected chi connectivity index (χ3v) is 1.83. The van der Waals surface area contributed by atoms with Crippen LogP contribution in [0.5, 0.6) is 0 Å². The molecule has 6 heteroatoms. The molecule has 0 aliphatic carbocycles. The number of hydrogen-bond acceptors (Lipinski definition) is 3. The van der Waals surface area contributed by atoms with Gasteiger partial charge in [0.1, 0.15) is 5.70 Å². The second-order valence-electron chi connectivity index (χ2n) is 3.09. The molecule has 0 fully saturated rings. The highest BCUT2D eigenvalue weighted by atomic mass is 19.4. The average molecular weight is 239 g/mol.